The van der Waals surface area contributed by atoms with E-state index in [1.165, 1.54) is 0 Å². The SMILES string of the molecule is COc1cc(CN2CCNCC2)cc(N)c1OC. The molecule has 1 fully saturated rings. The van der Waals surface area contributed by atoms with E-state index < -0.39 is 0 Å². The van der Waals surface area contributed by atoms with Gasteiger partial charge in [0.15, 0.2) is 11.5 Å². The summed E-state index contributed by atoms with van der Waals surface area (Å²) in [6.45, 7) is 5.11. The number of hydrogen-bond donors (Lipinski definition) is 2. The molecular formula is C13H21N3O2. The van der Waals surface area contributed by atoms with Crippen LogP contribution in [-0.4, -0.2) is 45.3 Å². The number of nitrogens with one attached hydrogen (secondary N) is 1. The molecule has 1 aromatic rings. The highest BCUT2D eigenvalue weighted by atomic mass is 16.5. The van der Waals surface area contributed by atoms with E-state index in [0.29, 0.717) is 17.2 Å². The molecule has 18 heavy (non-hydrogen) atoms. The van der Waals surface area contributed by atoms with Gasteiger partial charge in [0.25, 0.3) is 0 Å². The van der Waals surface area contributed by atoms with Gasteiger partial charge in [0.05, 0.1) is 19.9 Å². The third-order valence-electron chi connectivity index (χ3n) is 3.18. The Morgan fingerprint density at radius 1 is 1.22 bits per heavy atom. The fraction of sp³-hybridized carbons (Fsp3) is 0.538. The molecule has 1 aliphatic rings. The van der Waals surface area contributed by atoms with Crippen molar-refractivity contribution in [2.24, 2.45) is 0 Å². The van der Waals surface area contributed by atoms with Gasteiger partial charge in [0, 0.05) is 32.7 Å². The normalized spacial score (nSPS) is 16.6. The molecule has 100 valence electrons. The number of methoxy groups -OCH3 is 2. The Bertz CT molecular complexity index is 403. The van der Waals surface area contributed by atoms with Gasteiger partial charge in [-0.3, -0.25) is 4.90 Å². The van der Waals surface area contributed by atoms with Crippen LogP contribution in [0.2, 0.25) is 0 Å². The molecule has 0 saturated carbocycles. The van der Waals surface area contributed by atoms with E-state index in [1.807, 2.05) is 12.1 Å². The van der Waals surface area contributed by atoms with Crippen LogP contribution in [0.15, 0.2) is 12.1 Å². The average Bonchev–Trinajstić information content (AvgIpc) is 2.39. The number of nitrogens with two attached hydrogens (primary N) is 1. The quantitative estimate of drug-likeness (QED) is 0.771. The number of rotatable bonds is 4. The molecule has 1 aromatic carbocycles. The van der Waals surface area contributed by atoms with Crippen molar-refractivity contribution in [1.82, 2.24) is 10.2 Å². The van der Waals surface area contributed by atoms with Crippen molar-refractivity contribution >= 4 is 5.69 Å². The molecular weight excluding hydrogens is 230 g/mol. The Labute approximate surface area is 108 Å². The Kier molecular flexibility index (Phi) is 4.28. The first-order chi connectivity index (χ1) is 8.74. The lowest BCUT2D eigenvalue weighted by Gasteiger charge is -2.27. The fourth-order valence-electron chi connectivity index (χ4n) is 2.27. The molecule has 1 aliphatic heterocycles. The standard InChI is InChI=1S/C13H21N3O2/c1-17-12-8-10(7-11(14)13(12)18-2)9-16-5-3-15-4-6-16/h7-8,15H,3-6,9,14H2,1-2H3. The van der Waals surface area contributed by atoms with Crippen LogP contribution < -0.4 is 20.5 Å². The topological polar surface area (TPSA) is 59.8 Å². The van der Waals surface area contributed by atoms with Gasteiger partial charge < -0.3 is 20.5 Å². The Morgan fingerprint density at radius 2 is 1.94 bits per heavy atom. The predicted molar refractivity (Wildman–Crippen MR) is 72.1 cm³/mol. The van der Waals surface area contributed by atoms with E-state index in [-0.39, 0.29) is 0 Å². The van der Waals surface area contributed by atoms with Gasteiger partial charge in [-0.1, -0.05) is 0 Å². The van der Waals surface area contributed by atoms with E-state index in [0.717, 1.165) is 38.3 Å². The smallest absolute Gasteiger partial charge is 0.183 e. The van der Waals surface area contributed by atoms with Crippen molar-refractivity contribution in [3.8, 4) is 11.5 Å². The van der Waals surface area contributed by atoms with Crippen LogP contribution in [0, 0.1) is 0 Å². The van der Waals surface area contributed by atoms with Gasteiger partial charge >= 0.3 is 0 Å². The summed E-state index contributed by atoms with van der Waals surface area (Å²) >= 11 is 0. The lowest BCUT2D eigenvalue weighted by molar-refractivity contribution is 0.233. The van der Waals surface area contributed by atoms with Gasteiger partial charge in [-0.15, -0.1) is 0 Å². The molecule has 5 nitrogen and oxygen atoms in total. The molecule has 0 radical (unpaired) electrons. The van der Waals surface area contributed by atoms with Gasteiger partial charge in [-0.2, -0.15) is 0 Å². The summed E-state index contributed by atoms with van der Waals surface area (Å²) in [4.78, 5) is 2.40. The van der Waals surface area contributed by atoms with Crippen molar-refractivity contribution in [3.63, 3.8) is 0 Å². The molecule has 2 rings (SSSR count). The van der Waals surface area contributed by atoms with E-state index >= 15 is 0 Å². The predicted octanol–water partition coefficient (Wildman–Crippen LogP) is 0.691. The monoisotopic (exact) mass is 251 g/mol. The van der Waals surface area contributed by atoms with Crippen molar-refractivity contribution in [2.45, 2.75) is 6.54 Å². The van der Waals surface area contributed by atoms with E-state index in [2.05, 4.69) is 10.2 Å². The molecule has 0 aromatic heterocycles. The minimum absolute atomic E-state index is 0.613. The maximum absolute atomic E-state index is 5.98. The van der Waals surface area contributed by atoms with Crippen LogP contribution in [0.3, 0.4) is 0 Å². The van der Waals surface area contributed by atoms with Gasteiger partial charge in [0.2, 0.25) is 0 Å². The van der Waals surface area contributed by atoms with Crippen molar-refractivity contribution in [1.29, 1.82) is 0 Å². The Hall–Kier alpha value is -1.46. The highest BCUT2D eigenvalue weighted by molar-refractivity contribution is 5.62. The van der Waals surface area contributed by atoms with Crippen LogP contribution in [-0.2, 0) is 6.54 Å². The first kappa shape index (κ1) is 13.0. The molecule has 5 heteroatoms. The zero-order valence-electron chi connectivity index (χ0n) is 11.0. The molecule has 0 atom stereocenters. The van der Waals surface area contributed by atoms with E-state index in [9.17, 15) is 0 Å². The minimum atomic E-state index is 0.613. The van der Waals surface area contributed by atoms with Gasteiger partial charge in [-0.25, -0.2) is 0 Å². The largest absolute Gasteiger partial charge is 0.493 e. The van der Waals surface area contributed by atoms with Gasteiger partial charge in [0.1, 0.15) is 0 Å². The molecule has 3 N–H and O–H groups in total. The average molecular weight is 251 g/mol. The maximum Gasteiger partial charge on any atom is 0.183 e. The lowest BCUT2D eigenvalue weighted by atomic mass is 10.1. The Morgan fingerprint density at radius 3 is 2.56 bits per heavy atom. The highest BCUT2D eigenvalue weighted by Crippen LogP contribution is 2.34. The molecule has 0 bridgehead atoms. The summed E-state index contributed by atoms with van der Waals surface area (Å²) in [5, 5.41) is 3.34. The third-order valence-corrected chi connectivity index (χ3v) is 3.18. The fourth-order valence-corrected chi connectivity index (χ4v) is 2.27. The number of anilines is 1. The van der Waals surface area contributed by atoms with Crippen molar-refractivity contribution in [2.75, 3.05) is 46.1 Å². The summed E-state index contributed by atoms with van der Waals surface area (Å²) in [6, 6.07) is 3.96. The second kappa shape index (κ2) is 5.93. The van der Waals surface area contributed by atoms with Gasteiger partial charge in [-0.05, 0) is 17.7 Å². The summed E-state index contributed by atoms with van der Waals surface area (Å²) in [5.74, 6) is 1.31. The third kappa shape index (κ3) is 2.86. The minimum Gasteiger partial charge on any atom is -0.493 e. The summed E-state index contributed by atoms with van der Waals surface area (Å²) in [5.41, 5.74) is 7.76. The number of nitrogen functional groups attached to an aromatic ring is 1. The molecule has 0 amide bonds. The van der Waals surface area contributed by atoms with Crippen LogP contribution in [0.4, 0.5) is 5.69 Å². The van der Waals surface area contributed by atoms with E-state index in [4.69, 9.17) is 15.2 Å². The summed E-state index contributed by atoms with van der Waals surface area (Å²) in [6.07, 6.45) is 0. The zero-order valence-corrected chi connectivity index (χ0v) is 11.0. The molecule has 1 heterocycles. The van der Waals surface area contributed by atoms with Crippen LogP contribution in [0.25, 0.3) is 0 Å². The van der Waals surface area contributed by atoms with Crippen LogP contribution >= 0.6 is 0 Å². The second-order valence-corrected chi connectivity index (χ2v) is 4.45. The number of piperazine rings is 1. The van der Waals surface area contributed by atoms with Crippen LogP contribution in [0.1, 0.15) is 5.56 Å². The highest BCUT2D eigenvalue weighted by Gasteiger charge is 2.14. The second-order valence-electron chi connectivity index (χ2n) is 4.45. The zero-order chi connectivity index (χ0) is 13.0. The number of benzene rings is 1. The number of ether oxygens (including phenoxy) is 2. The Balaban J connectivity index is 2.15. The summed E-state index contributed by atoms with van der Waals surface area (Å²) in [7, 11) is 3.23. The molecule has 1 saturated heterocycles. The van der Waals surface area contributed by atoms with Crippen molar-refractivity contribution < 1.29 is 9.47 Å². The number of nitrogens with zero attached hydrogens (tertiary/aromatic N) is 1. The molecule has 0 aliphatic carbocycles. The van der Waals surface area contributed by atoms with Crippen molar-refractivity contribution in [3.05, 3.63) is 17.7 Å². The first-order valence-electron chi connectivity index (χ1n) is 6.18. The molecule has 0 spiro atoms. The first-order valence-corrected chi connectivity index (χ1v) is 6.18. The molecule has 0 unspecified atom stereocenters. The maximum atomic E-state index is 5.98. The van der Waals surface area contributed by atoms with Crippen LogP contribution in [0.5, 0.6) is 11.5 Å². The number of hydrogen-bond acceptors (Lipinski definition) is 5. The lowest BCUT2D eigenvalue weighted by Crippen LogP contribution is -2.42. The van der Waals surface area contributed by atoms with E-state index in [1.54, 1.807) is 14.2 Å². The summed E-state index contributed by atoms with van der Waals surface area (Å²) < 4.78 is 10.5.